The quantitative estimate of drug-likeness (QED) is 0.727. The van der Waals surface area contributed by atoms with Gasteiger partial charge in [-0.2, -0.15) is 0 Å². The van der Waals surface area contributed by atoms with Crippen molar-refractivity contribution in [2.75, 3.05) is 13.2 Å². The fourth-order valence-electron chi connectivity index (χ4n) is 1.60. The summed E-state index contributed by atoms with van der Waals surface area (Å²) in [7, 11) is 0. The average molecular weight is 237 g/mol. The molecule has 3 heteroatoms. The number of nitrogens with one attached hydrogen (secondary N) is 1. The van der Waals surface area contributed by atoms with Crippen LogP contribution in [0.1, 0.15) is 31.4 Å². The lowest BCUT2D eigenvalue weighted by Crippen LogP contribution is -2.26. The summed E-state index contributed by atoms with van der Waals surface area (Å²) < 4.78 is 5.43. The third kappa shape index (κ3) is 5.31. The third-order valence-electron chi connectivity index (χ3n) is 2.75. The van der Waals surface area contributed by atoms with E-state index in [0.29, 0.717) is 13.2 Å². The fraction of sp³-hybridized carbons (Fsp3) is 0.571. The molecular formula is C14H23NO2. The van der Waals surface area contributed by atoms with E-state index in [1.165, 1.54) is 11.1 Å². The first-order chi connectivity index (χ1) is 8.27. The zero-order valence-electron chi connectivity index (χ0n) is 10.8. The average Bonchev–Trinajstić information content (AvgIpc) is 2.37. The molecule has 0 fully saturated rings. The van der Waals surface area contributed by atoms with Gasteiger partial charge in [0, 0.05) is 19.7 Å². The number of benzene rings is 1. The molecule has 0 bridgehead atoms. The lowest BCUT2D eigenvalue weighted by molar-refractivity contribution is 0.133. The van der Waals surface area contributed by atoms with Crippen LogP contribution >= 0.6 is 0 Å². The van der Waals surface area contributed by atoms with Crippen LogP contribution in [-0.2, 0) is 17.9 Å². The number of ether oxygens (including phenoxy) is 1. The van der Waals surface area contributed by atoms with Gasteiger partial charge >= 0.3 is 0 Å². The van der Waals surface area contributed by atoms with Crippen molar-refractivity contribution in [2.24, 2.45) is 0 Å². The van der Waals surface area contributed by atoms with Gasteiger partial charge in [0.2, 0.25) is 0 Å². The van der Waals surface area contributed by atoms with Crippen LogP contribution in [-0.4, -0.2) is 24.4 Å². The van der Waals surface area contributed by atoms with Crippen LogP contribution in [0.5, 0.6) is 0 Å². The molecule has 2 N–H and O–H groups in total. The maximum absolute atomic E-state index is 9.46. The van der Waals surface area contributed by atoms with Gasteiger partial charge in [-0.3, -0.25) is 0 Å². The van der Waals surface area contributed by atoms with Gasteiger partial charge in [-0.15, -0.1) is 0 Å². The van der Waals surface area contributed by atoms with E-state index < -0.39 is 0 Å². The first-order valence-corrected chi connectivity index (χ1v) is 6.31. The van der Waals surface area contributed by atoms with Crippen molar-refractivity contribution in [1.29, 1.82) is 0 Å². The highest BCUT2D eigenvalue weighted by molar-refractivity contribution is 5.26. The molecule has 0 saturated heterocycles. The minimum absolute atomic E-state index is 0.256. The first-order valence-electron chi connectivity index (χ1n) is 6.31. The molecule has 0 heterocycles. The van der Waals surface area contributed by atoms with Crippen molar-refractivity contribution >= 4 is 0 Å². The molecule has 0 aliphatic carbocycles. The van der Waals surface area contributed by atoms with E-state index in [1.807, 2.05) is 26.0 Å². The molecule has 1 atom stereocenters. The van der Waals surface area contributed by atoms with E-state index in [0.717, 1.165) is 19.6 Å². The SMILES string of the molecule is CCOCc1ccccc1CNCC(O)CC. The lowest BCUT2D eigenvalue weighted by Gasteiger charge is -2.12. The highest BCUT2D eigenvalue weighted by Crippen LogP contribution is 2.09. The van der Waals surface area contributed by atoms with Crippen LogP contribution in [0, 0.1) is 0 Å². The van der Waals surface area contributed by atoms with E-state index in [-0.39, 0.29) is 6.10 Å². The van der Waals surface area contributed by atoms with Crippen molar-refractivity contribution in [2.45, 2.75) is 39.5 Å². The Labute approximate surface area is 104 Å². The van der Waals surface area contributed by atoms with Crippen LogP contribution in [0.15, 0.2) is 24.3 Å². The van der Waals surface area contributed by atoms with Crippen LogP contribution < -0.4 is 5.32 Å². The number of hydrogen-bond donors (Lipinski definition) is 2. The second-order valence-corrected chi connectivity index (χ2v) is 4.10. The van der Waals surface area contributed by atoms with Crippen LogP contribution in [0.25, 0.3) is 0 Å². The zero-order chi connectivity index (χ0) is 12.5. The number of hydrogen-bond acceptors (Lipinski definition) is 3. The predicted octanol–water partition coefficient (Wildman–Crippen LogP) is 2.08. The fourth-order valence-corrected chi connectivity index (χ4v) is 1.60. The van der Waals surface area contributed by atoms with Crippen molar-refractivity contribution in [3.63, 3.8) is 0 Å². The van der Waals surface area contributed by atoms with E-state index in [2.05, 4.69) is 17.4 Å². The molecular weight excluding hydrogens is 214 g/mol. The van der Waals surface area contributed by atoms with E-state index in [1.54, 1.807) is 0 Å². The molecule has 1 unspecified atom stereocenters. The highest BCUT2D eigenvalue weighted by atomic mass is 16.5. The van der Waals surface area contributed by atoms with Crippen molar-refractivity contribution in [1.82, 2.24) is 5.32 Å². The van der Waals surface area contributed by atoms with Crippen LogP contribution in [0.4, 0.5) is 0 Å². The van der Waals surface area contributed by atoms with Gasteiger partial charge in [0.15, 0.2) is 0 Å². The van der Waals surface area contributed by atoms with Gasteiger partial charge in [0.05, 0.1) is 12.7 Å². The topological polar surface area (TPSA) is 41.5 Å². The second-order valence-electron chi connectivity index (χ2n) is 4.10. The largest absolute Gasteiger partial charge is 0.392 e. The van der Waals surface area contributed by atoms with Crippen molar-refractivity contribution in [3.8, 4) is 0 Å². The molecule has 0 aromatic heterocycles. The van der Waals surface area contributed by atoms with Gasteiger partial charge in [0.1, 0.15) is 0 Å². The van der Waals surface area contributed by atoms with Gasteiger partial charge < -0.3 is 15.2 Å². The van der Waals surface area contributed by atoms with E-state index in [4.69, 9.17) is 4.74 Å². The predicted molar refractivity (Wildman–Crippen MR) is 69.8 cm³/mol. The number of aliphatic hydroxyl groups is 1. The zero-order valence-corrected chi connectivity index (χ0v) is 10.8. The Bertz CT molecular complexity index is 315. The summed E-state index contributed by atoms with van der Waals surface area (Å²) in [6, 6.07) is 8.24. The highest BCUT2D eigenvalue weighted by Gasteiger charge is 2.03. The molecule has 0 radical (unpaired) electrons. The van der Waals surface area contributed by atoms with Crippen molar-refractivity contribution in [3.05, 3.63) is 35.4 Å². The Balaban J connectivity index is 2.45. The maximum Gasteiger partial charge on any atom is 0.0719 e. The minimum Gasteiger partial charge on any atom is -0.392 e. The van der Waals surface area contributed by atoms with Crippen molar-refractivity contribution < 1.29 is 9.84 Å². The molecule has 0 aliphatic rings. The van der Waals surface area contributed by atoms with Gasteiger partial charge in [-0.1, -0.05) is 31.2 Å². The molecule has 0 aliphatic heterocycles. The lowest BCUT2D eigenvalue weighted by atomic mass is 10.1. The summed E-state index contributed by atoms with van der Waals surface area (Å²) in [6.07, 6.45) is 0.530. The van der Waals surface area contributed by atoms with E-state index in [9.17, 15) is 5.11 Å². The molecule has 1 aromatic carbocycles. The number of rotatable bonds is 8. The Kier molecular flexibility index (Phi) is 6.86. The molecule has 1 rings (SSSR count). The minimum atomic E-state index is -0.256. The smallest absolute Gasteiger partial charge is 0.0719 e. The summed E-state index contributed by atoms with van der Waals surface area (Å²) in [6.45, 7) is 6.79. The molecule has 0 saturated carbocycles. The Morgan fingerprint density at radius 2 is 1.94 bits per heavy atom. The molecule has 3 nitrogen and oxygen atoms in total. The second kappa shape index (κ2) is 8.23. The Hall–Kier alpha value is -0.900. The van der Waals surface area contributed by atoms with Gasteiger partial charge in [0.25, 0.3) is 0 Å². The summed E-state index contributed by atoms with van der Waals surface area (Å²) in [5, 5.41) is 12.7. The third-order valence-corrected chi connectivity index (χ3v) is 2.75. The monoisotopic (exact) mass is 237 g/mol. The molecule has 96 valence electrons. The summed E-state index contributed by atoms with van der Waals surface area (Å²) in [5.74, 6) is 0. The van der Waals surface area contributed by atoms with Gasteiger partial charge in [-0.25, -0.2) is 0 Å². The first kappa shape index (κ1) is 14.2. The summed E-state index contributed by atoms with van der Waals surface area (Å²) >= 11 is 0. The maximum atomic E-state index is 9.46. The molecule has 0 amide bonds. The standard InChI is InChI=1S/C14H23NO2/c1-3-14(16)10-15-9-12-7-5-6-8-13(12)11-17-4-2/h5-8,14-16H,3-4,9-11H2,1-2H3. The molecule has 17 heavy (non-hydrogen) atoms. The van der Waals surface area contributed by atoms with Crippen LogP contribution in [0.2, 0.25) is 0 Å². The Morgan fingerprint density at radius 1 is 1.24 bits per heavy atom. The van der Waals surface area contributed by atoms with Gasteiger partial charge in [-0.05, 0) is 24.5 Å². The molecule has 0 spiro atoms. The summed E-state index contributed by atoms with van der Waals surface area (Å²) in [4.78, 5) is 0. The Morgan fingerprint density at radius 3 is 2.59 bits per heavy atom. The normalized spacial score (nSPS) is 12.6. The molecule has 1 aromatic rings. The number of aliphatic hydroxyl groups excluding tert-OH is 1. The van der Waals surface area contributed by atoms with Crippen LogP contribution in [0.3, 0.4) is 0 Å². The van der Waals surface area contributed by atoms with E-state index >= 15 is 0 Å². The summed E-state index contributed by atoms with van der Waals surface area (Å²) in [5.41, 5.74) is 2.46.